The molecule has 2 heteroatoms. The summed E-state index contributed by atoms with van der Waals surface area (Å²) >= 11 is 0. The fraction of sp³-hybridized carbons (Fsp3) is 1.00. The van der Waals surface area contributed by atoms with Crippen LogP contribution in [0.5, 0.6) is 0 Å². The molecule has 0 aromatic rings. The van der Waals surface area contributed by atoms with Gasteiger partial charge in [0, 0.05) is 19.8 Å². The summed E-state index contributed by atoms with van der Waals surface area (Å²) in [5.41, 5.74) is 0. The van der Waals surface area contributed by atoms with Crippen LogP contribution in [0.15, 0.2) is 0 Å². The molecule has 3 unspecified atom stereocenters. The van der Waals surface area contributed by atoms with Crippen LogP contribution < -0.4 is 5.32 Å². The molecule has 1 fully saturated rings. The molecule has 0 radical (unpaired) electrons. The predicted molar refractivity (Wildman–Crippen MR) is 69.7 cm³/mol. The third-order valence-electron chi connectivity index (χ3n) is 3.95. The molecule has 0 aromatic heterocycles. The van der Waals surface area contributed by atoms with Crippen molar-refractivity contribution in [3.05, 3.63) is 0 Å². The smallest absolute Gasteiger partial charge is 0.0465 e. The van der Waals surface area contributed by atoms with Gasteiger partial charge in [-0.15, -0.1) is 0 Å². The molecular formula is C14H29NO. The van der Waals surface area contributed by atoms with Crippen LogP contribution in [0.25, 0.3) is 0 Å². The summed E-state index contributed by atoms with van der Waals surface area (Å²) in [6, 6.07) is 0.744. The highest BCUT2D eigenvalue weighted by molar-refractivity contribution is 4.84. The van der Waals surface area contributed by atoms with Gasteiger partial charge in [0.25, 0.3) is 0 Å². The van der Waals surface area contributed by atoms with Crippen LogP contribution in [0.4, 0.5) is 0 Å². The van der Waals surface area contributed by atoms with E-state index in [4.69, 9.17) is 4.74 Å². The Bertz CT molecular complexity index is 172. The Kier molecular flexibility index (Phi) is 7.06. The van der Waals surface area contributed by atoms with Crippen LogP contribution in [0, 0.1) is 11.8 Å². The minimum Gasteiger partial charge on any atom is -0.385 e. The average Bonchev–Trinajstić information content (AvgIpc) is 2.30. The Hall–Kier alpha value is -0.0800. The van der Waals surface area contributed by atoms with Gasteiger partial charge in [-0.3, -0.25) is 0 Å². The molecule has 0 amide bonds. The molecule has 3 atom stereocenters. The number of methoxy groups -OCH3 is 1. The zero-order valence-electron chi connectivity index (χ0n) is 11.3. The third-order valence-corrected chi connectivity index (χ3v) is 3.95. The van der Waals surface area contributed by atoms with Gasteiger partial charge in [-0.1, -0.05) is 26.7 Å². The summed E-state index contributed by atoms with van der Waals surface area (Å²) in [5, 5.41) is 3.65. The monoisotopic (exact) mass is 227 g/mol. The average molecular weight is 227 g/mol. The highest BCUT2D eigenvalue weighted by Crippen LogP contribution is 2.33. The third kappa shape index (κ3) is 4.42. The maximum absolute atomic E-state index is 5.24. The summed E-state index contributed by atoms with van der Waals surface area (Å²) in [6.45, 7) is 6.55. The molecule has 0 bridgehead atoms. The first-order chi connectivity index (χ1) is 7.81. The first-order valence-corrected chi connectivity index (χ1v) is 7.04. The molecule has 16 heavy (non-hydrogen) atoms. The predicted octanol–water partition coefficient (Wildman–Crippen LogP) is 3.22. The van der Waals surface area contributed by atoms with Crippen molar-refractivity contribution < 1.29 is 4.74 Å². The highest BCUT2D eigenvalue weighted by atomic mass is 16.5. The molecule has 1 rings (SSSR count). The lowest BCUT2D eigenvalue weighted by atomic mass is 9.75. The molecule has 1 saturated carbocycles. The lowest BCUT2D eigenvalue weighted by Gasteiger charge is -2.36. The van der Waals surface area contributed by atoms with Crippen LogP contribution in [0.2, 0.25) is 0 Å². The van der Waals surface area contributed by atoms with E-state index in [1.54, 1.807) is 0 Å². The Morgan fingerprint density at radius 1 is 1.19 bits per heavy atom. The maximum Gasteiger partial charge on any atom is 0.0465 e. The number of ether oxygens (including phenoxy) is 1. The zero-order chi connectivity index (χ0) is 11.8. The first kappa shape index (κ1) is 14.0. The molecule has 0 saturated heterocycles. The molecule has 1 aliphatic rings. The molecule has 2 nitrogen and oxygen atoms in total. The molecular weight excluding hydrogens is 198 g/mol. The Balaban J connectivity index is 2.40. The fourth-order valence-electron chi connectivity index (χ4n) is 3.15. The second-order valence-corrected chi connectivity index (χ2v) is 5.17. The number of hydrogen-bond acceptors (Lipinski definition) is 2. The first-order valence-electron chi connectivity index (χ1n) is 7.04. The van der Waals surface area contributed by atoms with Gasteiger partial charge in [0.05, 0.1) is 0 Å². The van der Waals surface area contributed by atoms with E-state index < -0.39 is 0 Å². The summed E-state index contributed by atoms with van der Waals surface area (Å²) in [5.74, 6) is 1.81. The number of rotatable bonds is 7. The lowest BCUT2D eigenvalue weighted by Crippen LogP contribution is -2.41. The van der Waals surface area contributed by atoms with Gasteiger partial charge < -0.3 is 10.1 Å². The van der Waals surface area contributed by atoms with Crippen LogP contribution in [0.3, 0.4) is 0 Å². The van der Waals surface area contributed by atoms with Gasteiger partial charge in [-0.25, -0.2) is 0 Å². The van der Waals surface area contributed by atoms with E-state index in [-0.39, 0.29) is 0 Å². The second kappa shape index (κ2) is 8.08. The maximum atomic E-state index is 5.24. The molecule has 0 heterocycles. The van der Waals surface area contributed by atoms with Crippen molar-refractivity contribution in [1.82, 2.24) is 5.32 Å². The normalized spacial score (nSPS) is 30.6. The fourth-order valence-corrected chi connectivity index (χ4v) is 3.15. The Morgan fingerprint density at radius 3 is 2.62 bits per heavy atom. The van der Waals surface area contributed by atoms with Gasteiger partial charge in [0.1, 0.15) is 0 Å². The van der Waals surface area contributed by atoms with Gasteiger partial charge >= 0.3 is 0 Å². The van der Waals surface area contributed by atoms with E-state index >= 15 is 0 Å². The van der Waals surface area contributed by atoms with Crippen LogP contribution in [-0.4, -0.2) is 26.3 Å². The van der Waals surface area contributed by atoms with E-state index in [1.165, 1.54) is 38.5 Å². The lowest BCUT2D eigenvalue weighted by molar-refractivity contribution is 0.129. The van der Waals surface area contributed by atoms with E-state index in [0.29, 0.717) is 0 Å². The van der Waals surface area contributed by atoms with Crippen molar-refractivity contribution in [1.29, 1.82) is 0 Å². The van der Waals surface area contributed by atoms with Crippen LogP contribution in [-0.2, 0) is 4.74 Å². The van der Waals surface area contributed by atoms with Crippen molar-refractivity contribution >= 4 is 0 Å². The van der Waals surface area contributed by atoms with Gasteiger partial charge in [0.2, 0.25) is 0 Å². The molecule has 0 aliphatic heterocycles. The summed E-state index contributed by atoms with van der Waals surface area (Å²) < 4.78 is 5.24. The molecule has 1 N–H and O–H groups in total. The van der Waals surface area contributed by atoms with E-state index in [2.05, 4.69) is 19.2 Å². The number of nitrogens with one attached hydrogen (secondary N) is 1. The standard InChI is InChI=1S/C14H29NO/c1-4-6-12-7-8-14(15-5-2)13(11-12)9-10-16-3/h12-15H,4-11H2,1-3H3. The van der Waals surface area contributed by atoms with Crippen LogP contribution in [0.1, 0.15) is 52.4 Å². The van der Waals surface area contributed by atoms with Crippen LogP contribution >= 0.6 is 0 Å². The van der Waals surface area contributed by atoms with E-state index in [9.17, 15) is 0 Å². The minimum atomic E-state index is 0.744. The number of hydrogen-bond donors (Lipinski definition) is 1. The minimum absolute atomic E-state index is 0.744. The Labute approximate surface area is 101 Å². The molecule has 1 aliphatic carbocycles. The van der Waals surface area contributed by atoms with Gasteiger partial charge in [-0.05, 0) is 44.1 Å². The Morgan fingerprint density at radius 2 is 2.00 bits per heavy atom. The summed E-state index contributed by atoms with van der Waals surface area (Å²) in [7, 11) is 1.81. The zero-order valence-corrected chi connectivity index (χ0v) is 11.3. The topological polar surface area (TPSA) is 21.3 Å². The largest absolute Gasteiger partial charge is 0.385 e. The molecule has 96 valence electrons. The van der Waals surface area contributed by atoms with Crippen molar-refractivity contribution in [3.63, 3.8) is 0 Å². The summed E-state index contributed by atoms with van der Waals surface area (Å²) in [4.78, 5) is 0. The summed E-state index contributed by atoms with van der Waals surface area (Å²) in [6.07, 6.45) is 8.20. The van der Waals surface area contributed by atoms with Crippen molar-refractivity contribution in [2.75, 3.05) is 20.3 Å². The van der Waals surface area contributed by atoms with Crippen molar-refractivity contribution in [3.8, 4) is 0 Å². The van der Waals surface area contributed by atoms with E-state index in [0.717, 1.165) is 31.0 Å². The van der Waals surface area contributed by atoms with Gasteiger partial charge in [0.15, 0.2) is 0 Å². The van der Waals surface area contributed by atoms with E-state index in [1.807, 2.05) is 7.11 Å². The van der Waals surface area contributed by atoms with Gasteiger partial charge in [-0.2, -0.15) is 0 Å². The van der Waals surface area contributed by atoms with Crippen molar-refractivity contribution in [2.45, 2.75) is 58.4 Å². The molecule has 0 spiro atoms. The quantitative estimate of drug-likeness (QED) is 0.721. The SMILES string of the molecule is CCCC1CCC(NCC)C(CCOC)C1. The highest BCUT2D eigenvalue weighted by Gasteiger charge is 2.28. The molecule has 0 aromatic carbocycles. The van der Waals surface area contributed by atoms with Crippen molar-refractivity contribution in [2.24, 2.45) is 11.8 Å². The second-order valence-electron chi connectivity index (χ2n) is 5.17.